The van der Waals surface area contributed by atoms with Gasteiger partial charge >= 0.3 is 0 Å². The molecule has 0 amide bonds. The van der Waals surface area contributed by atoms with Gasteiger partial charge in [0.05, 0.1) is 0 Å². The van der Waals surface area contributed by atoms with Crippen LogP contribution in [0, 0.1) is 27.7 Å². The number of fused-ring (bicyclic) bond motifs is 2. The second-order valence-electron chi connectivity index (χ2n) is 7.90. The van der Waals surface area contributed by atoms with Crippen molar-refractivity contribution in [2.45, 2.75) is 27.7 Å². The Kier molecular flexibility index (Phi) is 3.66. The first-order valence-corrected chi connectivity index (χ1v) is 9.71. The summed E-state index contributed by atoms with van der Waals surface area (Å²) in [6.07, 6.45) is 0. The third-order valence-electron chi connectivity index (χ3n) is 5.96. The van der Waals surface area contributed by atoms with Crippen LogP contribution in [-0.2, 0) is 0 Å². The van der Waals surface area contributed by atoms with E-state index < -0.39 is 10.9 Å². The summed E-state index contributed by atoms with van der Waals surface area (Å²) < 4.78 is 6.55. The van der Waals surface area contributed by atoms with E-state index in [9.17, 15) is 9.59 Å². The van der Waals surface area contributed by atoms with Crippen molar-refractivity contribution in [2.75, 3.05) is 0 Å². The molecule has 1 heterocycles. The highest BCUT2D eigenvalue weighted by Gasteiger charge is 2.24. The summed E-state index contributed by atoms with van der Waals surface area (Å²) in [6.45, 7) is 8.24. The summed E-state index contributed by atoms with van der Waals surface area (Å²) in [6, 6.07) is 16.0. The molecule has 3 heteroatoms. The van der Waals surface area contributed by atoms with Crippen molar-refractivity contribution in [3.8, 4) is 22.6 Å². The molecule has 0 saturated carbocycles. The summed E-state index contributed by atoms with van der Waals surface area (Å²) in [4.78, 5) is 24.2. The number of benzene rings is 3. The predicted octanol–water partition coefficient (Wildman–Crippen LogP) is 5.75. The zero-order valence-electron chi connectivity index (χ0n) is 16.8. The van der Waals surface area contributed by atoms with Gasteiger partial charge in [-0.25, -0.2) is 0 Å². The largest absolute Gasteiger partial charge is 0.455 e. The number of hydrogen-bond donors (Lipinski definition) is 0. The molecule has 0 N–H and O–H groups in total. The van der Waals surface area contributed by atoms with Crippen LogP contribution in [0.3, 0.4) is 0 Å². The van der Waals surface area contributed by atoms with Gasteiger partial charge in [0, 0.05) is 32.7 Å². The summed E-state index contributed by atoms with van der Waals surface area (Å²) in [5.41, 5.74) is 5.68. The molecule has 5 rings (SSSR count). The van der Waals surface area contributed by atoms with E-state index in [1.165, 1.54) is 0 Å². The van der Waals surface area contributed by atoms with Gasteiger partial charge in [-0.15, -0.1) is 0 Å². The van der Waals surface area contributed by atoms with Crippen LogP contribution >= 0.6 is 0 Å². The molecule has 0 saturated heterocycles. The zero-order valence-corrected chi connectivity index (χ0v) is 16.8. The minimum atomic E-state index is -0.413. The third-order valence-corrected chi connectivity index (χ3v) is 5.96. The quantitative estimate of drug-likeness (QED) is 0.366. The summed E-state index contributed by atoms with van der Waals surface area (Å²) >= 11 is 0. The molecule has 0 aliphatic rings. The van der Waals surface area contributed by atoms with Gasteiger partial charge in [0.25, 0.3) is 0 Å². The van der Waals surface area contributed by atoms with Crippen LogP contribution in [0.15, 0.2) is 62.5 Å². The van der Waals surface area contributed by atoms with Crippen LogP contribution in [0.1, 0.15) is 22.3 Å². The van der Waals surface area contributed by atoms with Gasteiger partial charge in [-0.2, -0.15) is 0 Å². The Balaban J connectivity index is 1.97. The van der Waals surface area contributed by atoms with E-state index in [4.69, 9.17) is 4.42 Å². The van der Waals surface area contributed by atoms with Crippen LogP contribution < -0.4 is 10.9 Å². The molecule has 1 aromatic heterocycles. The fourth-order valence-electron chi connectivity index (χ4n) is 4.46. The van der Waals surface area contributed by atoms with Crippen molar-refractivity contribution < 1.29 is 4.42 Å². The Morgan fingerprint density at radius 1 is 0.552 bits per heavy atom. The second-order valence-corrected chi connectivity index (χ2v) is 7.90. The molecule has 0 bridgehead atoms. The average molecular weight is 380 g/mol. The van der Waals surface area contributed by atoms with E-state index in [2.05, 4.69) is 52.0 Å². The molecule has 0 spiro atoms. The highest BCUT2D eigenvalue weighted by Crippen LogP contribution is 2.44. The SMILES string of the molecule is Cc1cccc(C)c1-c1oc(-c2c(C)cccc2C)c2cc3c(=O)c(=O)c3cc12. The van der Waals surface area contributed by atoms with E-state index in [0.717, 1.165) is 55.7 Å². The van der Waals surface area contributed by atoms with Crippen molar-refractivity contribution in [1.29, 1.82) is 0 Å². The number of furan rings is 1. The maximum Gasteiger partial charge on any atom is 0.234 e. The monoisotopic (exact) mass is 380 g/mol. The van der Waals surface area contributed by atoms with Gasteiger partial charge in [-0.3, -0.25) is 9.59 Å². The van der Waals surface area contributed by atoms with E-state index in [0.29, 0.717) is 10.8 Å². The minimum absolute atomic E-state index is 0.413. The highest BCUT2D eigenvalue weighted by molar-refractivity contribution is 6.11. The second kappa shape index (κ2) is 6.02. The number of hydrogen-bond acceptors (Lipinski definition) is 3. The molecular weight excluding hydrogens is 360 g/mol. The molecule has 142 valence electrons. The Morgan fingerprint density at radius 2 is 0.897 bits per heavy atom. The van der Waals surface area contributed by atoms with E-state index in [1.54, 1.807) is 0 Å². The van der Waals surface area contributed by atoms with Crippen molar-refractivity contribution in [3.05, 3.63) is 91.2 Å². The lowest BCUT2D eigenvalue weighted by atomic mass is 9.93. The molecule has 0 unspecified atom stereocenters. The summed E-state index contributed by atoms with van der Waals surface area (Å²) in [7, 11) is 0. The van der Waals surface area contributed by atoms with Crippen molar-refractivity contribution >= 4 is 21.5 Å². The Labute approximate surface area is 167 Å². The average Bonchev–Trinajstić information content (AvgIpc) is 3.04. The van der Waals surface area contributed by atoms with Crippen LogP contribution in [-0.4, -0.2) is 0 Å². The summed E-state index contributed by atoms with van der Waals surface area (Å²) in [5.74, 6) is 1.51. The molecule has 0 aliphatic carbocycles. The lowest BCUT2D eigenvalue weighted by Crippen LogP contribution is -2.30. The molecule has 29 heavy (non-hydrogen) atoms. The number of aryl methyl sites for hydroxylation is 4. The number of rotatable bonds is 2. The maximum absolute atomic E-state index is 12.1. The zero-order chi connectivity index (χ0) is 20.4. The fourth-order valence-corrected chi connectivity index (χ4v) is 4.46. The smallest absolute Gasteiger partial charge is 0.234 e. The molecule has 4 aromatic carbocycles. The van der Waals surface area contributed by atoms with E-state index in [-0.39, 0.29) is 0 Å². The van der Waals surface area contributed by atoms with Crippen molar-refractivity contribution in [3.63, 3.8) is 0 Å². The first-order valence-electron chi connectivity index (χ1n) is 9.71. The Hall–Kier alpha value is -3.46. The predicted molar refractivity (Wildman–Crippen MR) is 118 cm³/mol. The first-order chi connectivity index (χ1) is 13.9. The minimum Gasteiger partial charge on any atom is -0.455 e. The lowest BCUT2D eigenvalue weighted by Gasteiger charge is -2.09. The molecule has 3 nitrogen and oxygen atoms in total. The maximum atomic E-state index is 12.1. The fraction of sp³-hybridized carbons (Fsp3) is 0.154. The Bertz CT molecular complexity index is 1370. The topological polar surface area (TPSA) is 47.3 Å². The van der Waals surface area contributed by atoms with Gasteiger partial charge in [-0.05, 0) is 62.1 Å². The lowest BCUT2D eigenvalue weighted by molar-refractivity contribution is 0.600. The van der Waals surface area contributed by atoms with Crippen LogP contribution in [0.4, 0.5) is 0 Å². The van der Waals surface area contributed by atoms with Gasteiger partial charge in [0.15, 0.2) is 0 Å². The van der Waals surface area contributed by atoms with E-state index in [1.807, 2.05) is 24.3 Å². The van der Waals surface area contributed by atoms with Crippen LogP contribution in [0.2, 0.25) is 0 Å². The standard InChI is InChI=1S/C26H20O3/c1-13-7-5-8-14(2)21(13)25-19-11-17-18(24(28)23(17)27)12-20(19)26(29-25)22-15(3)9-6-10-16(22)4/h5-12H,1-4H3. The molecule has 0 aliphatic heterocycles. The van der Waals surface area contributed by atoms with E-state index >= 15 is 0 Å². The third kappa shape index (κ3) is 2.37. The van der Waals surface area contributed by atoms with Crippen molar-refractivity contribution in [1.82, 2.24) is 0 Å². The highest BCUT2D eigenvalue weighted by atomic mass is 16.3. The molecule has 0 fully saturated rings. The molecule has 0 atom stereocenters. The molecule has 5 aromatic rings. The van der Waals surface area contributed by atoms with Crippen LogP contribution in [0.25, 0.3) is 44.2 Å². The molecular formula is C26H20O3. The first kappa shape index (κ1) is 17.6. The molecule has 0 radical (unpaired) electrons. The van der Waals surface area contributed by atoms with Crippen LogP contribution in [0.5, 0.6) is 0 Å². The summed E-state index contributed by atoms with van der Waals surface area (Å²) in [5, 5.41) is 2.73. The van der Waals surface area contributed by atoms with Gasteiger partial charge in [0.2, 0.25) is 10.9 Å². The van der Waals surface area contributed by atoms with Gasteiger partial charge in [0.1, 0.15) is 11.5 Å². The normalized spacial score (nSPS) is 11.7. The van der Waals surface area contributed by atoms with Gasteiger partial charge < -0.3 is 4.42 Å². The Morgan fingerprint density at radius 3 is 1.24 bits per heavy atom. The van der Waals surface area contributed by atoms with Crippen molar-refractivity contribution in [2.24, 2.45) is 0 Å². The van der Waals surface area contributed by atoms with Gasteiger partial charge in [-0.1, -0.05) is 36.4 Å².